The van der Waals surface area contributed by atoms with Gasteiger partial charge in [-0.3, -0.25) is 19.2 Å². The Bertz CT molecular complexity index is 1280. The first kappa shape index (κ1) is 31.9. The summed E-state index contributed by atoms with van der Waals surface area (Å²) in [7, 11) is 1.35. The summed E-state index contributed by atoms with van der Waals surface area (Å²) in [6, 6.07) is 0. The van der Waals surface area contributed by atoms with Gasteiger partial charge in [-0.25, -0.2) is 4.79 Å². The van der Waals surface area contributed by atoms with E-state index in [1.165, 1.54) is 21.0 Å². The van der Waals surface area contributed by atoms with Crippen LogP contribution in [-0.2, 0) is 38.2 Å². The average Bonchev–Trinajstić information content (AvgIpc) is 3.18. The normalized spacial score (nSPS) is 39.8. The van der Waals surface area contributed by atoms with E-state index < -0.39 is 58.2 Å². The number of ketones is 2. The summed E-state index contributed by atoms with van der Waals surface area (Å²) in [5.74, 6) is -3.13. The summed E-state index contributed by atoms with van der Waals surface area (Å²) in [6.07, 6.45) is 6.56. The Balaban J connectivity index is 1.94. The molecule has 3 fully saturated rings. The molecule has 0 unspecified atom stereocenters. The molecule has 4 aliphatic carbocycles. The van der Waals surface area contributed by atoms with E-state index in [0.29, 0.717) is 37.7 Å². The SMILES string of the molecule is COC(=O)C(CCC=C(C)C)=C1[C@@H](OC(C)=O)C[C@@]2(C)[C@H]1CC[C@H]1[C@@]3(C)C=CC(=O)[C@@H](C)[C@@H]3[C@H](OC(C)=O)C(=O)[C@@]12C. The van der Waals surface area contributed by atoms with Crippen molar-refractivity contribution in [3.05, 3.63) is 34.9 Å². The Morgan fingerprint density at radius 2 is 1.64 bits per heavy atom. The largest absolute Gasteiger partial charge is 0.466 e. The van der Waals surface area contributed by atoms with E-state index in [-0.39, 0.29) is 23.4 Å². The van der Waals surface area contributed by atoms with Crippen molar-refractivity contribution in [3.63, 3.8) is 0 Å². The van der Waals surface area contributed by atoms with E-state index >= 15 is 0 Å². The number of rotatable bonds is 6. The molecule has 8 heteroatoms. The molecule has 4 rings (SSSR count). The molecule has 0 N–H and O–H groups in total. The van der Waals surface area contributed by atoms with Crippen LogP contribution in [0.1, 0.15) is 87.5 Å². The molecule has 0 aromatic heterocycles. The van der Waals surface area contributed by atoms with Gasteiger partial charge in [-0.1, -0.05) is 45.4 Å². The molecule has 0 saturated heterocycles. The lowest BCUT2D eigenvalue weighted by molar-refractivity contribution is -0.207. The number of ether oxygens (including phenoxy) is 3. The van der Waals surface area contributed by atoms with E-state index in [1.807, 2.05) is 33.8 Å². The lowest BCUT2D eigenvalue weighted by atomic mass is 9.37. The van der Waals surface area contributed by atoms with Crippen molar-refractivity contribution in [1.82, 2.24) is 0 Å². The molecule has 42 heavy (non-hydrogen) atoms. The third-order valence-electron chi connectivity index (χ3n) is 11.2. The number of carbonyl (C=O) groups excluding carboxylic acids is 5. The van der Waals surface area contributed by atoms with Crippen molar-refractivity contribution in [2.45, 2.75) is 99.7 Å². The van der Waals surface area contributed by atoms with Crippen LogP contribution in [0.2, 0.25) is 0 Å². The molecule has 0 aromatic carbocycles. The predicted molar refractivity (Wildman–Crippen MR) is 156 cm³/mol. The van der Waals surface area contributed by atoms with Gasteiger partial charge >= 0.3 is 17.9 Å². The van der Waals surface area contributed by atoms with E-state index in [9.17, 15) is 24.0 Å². The molecule has 0 spiro atoms. The molecule has 0 aliphatic heterocycles. The van der Waals surface area contributed by atoms with Gasteiger partial charge in [0, 0.05) is 36.7 Å². The van der Waals surface area contributed by atoms with Crippen molar-refractivity contribution in [2.75, 3.05) is 7.11 Å². The van der Waals surface area contributed by atoms with Gasteiger partial charge in [0.15, 0.2) is 17.7 Å². The van der Waals surface area contributed by atoms with E-state index in [0.717, 1.165) is 11.1 Å². The van der Waals surface area contributed by atoms with Gasteiger partial charge in [-0.2, -0.15) is 0 Å². The minimum Gasteiger partial charge on any atom is -0.466 e. The van der Waals surface area contributed by atoms with Crippen LogP contribution < -0.4 is 0 Å². The predicted octanol–water partition coefficient (Wildman–Crippen LogP) is 5.49. The van der Waals surface area contributed by atoms with Crippen molar-refractivity contribution in [3.8, 4) is 0 Å². The molecule has 230 valence electrons. The first-order valence-corrected chi connectivity index (χ1v) is 15.1. The molecule has 4 aliphatic rings. The van der Waals surface area contributed by atoms with Crippen molar-refractivity contribution in [1.29, 1.82) is 0 Å². The standard InChI is InChI=1S/C34H46O8/c1-18(2)11-10-12-22(31(39)40-9)27-23-13-14-26-32(6)16-15-24(37)19(3)28(32)29(42-21(5)36)30(38)34(26,8)33(23,7)17-25(27)41-20(4)35/h11,15-16,19,23,25-26,28-29H,10,12-14,17H2,1-9H3/t19-,23+,25+,26+,28-,29+,32-,33+,34-/m1/s1. The van der Waals surface area contributed by atoms with Crippen LogP contribution >= 0.6 is 0 Å². The Labute approximate surface area is 249 Å². The van der Waals surface area contributed by atoms with Gasteiger partial charge in [0.2, 0.25) is 0 Å². The number of hydrogen-bond donors (Lipinski definition) is 0. The monoisotopic (exact) mass is 582 g/mol. The molecule has 3 saturated carbocycles. The van der Waals surface area contributed by atoms with E-state index in [1.54, 1.807) is 6.08 Å². The molecule has 8 nitrogen and oxygen atoms in total. The van der Waals surface area contributed by atoms with Crippen LogP contribution in [0, 0.1) is 39.9 Å². The number of Topliss-reactive ketones (excluding diaryl/α,β-unsaturated/α-hetero) is 1. The molecule has 0 heterocycles. The summed E-state index contributed by atoms with van der Waals surface area (Å²) in [4.78, 5) is 65.7. The van der Waals surface area contributed by atoms with Crippen LogP contribution in [-0.4, -0.2) is 48.8 Å². The first-order valence-electron chi connectivity index (χ1n) is 15.1. The fourth-order valence-corrected chi connectivity index (χ4v) is 9.30. The summed E-state index contributed by atoms with van der Waals surface area (Å²) < 4.78 is 17.0. The highest BCUT2D eigenvalue weighted by Gasteiger charge is 2.74. The number of methoxy groups -OCH3 is 1. The number of hydrogen-bond acceptors (Lipinski definition) is 8. The first-order chi connectivity index (χ1) is 19.5. The molecule has 0 aromatic rings. The van der Waals surface area contributed by atoms with Crippen LogP contribution in [0.15, 0.2) is 34.9 Å². The second kappa shape index (κ2) is 11.2. The van der Waals surface area contributed by atoms with Gasteiger partial charge in [-0.15, -0.1) is 0 Å². The Morgan fingerprint density at radius 3 is 2.21 bits per heavy atom. The number of allylic oxidation sites excluding steroid dienone is 4. The minimum atomic E-state index is -1.09. The Kier molecular flexibility index (Phi) is 8.53. The van der Waals surface area contributed by atoms with Crippen molar-refractivity contribution < 1.29 is 38.2 Å². The molecular weight excluding hydrogens is 536 g/mol. The molecule has 0 bridgehead atoms. The number of carbonyl (C=O) groups is 5. The fourth-order valence-electron chi connectivity index (χ4n) is 9.30. The van der Waals surface area contributed by atoms with Crippen LogP contribution in [0.3, 0.4) is 0 Å². The van der Waals surface area contributed by atoms with Gasteiger partial charge in [0.05, 0.1) is 7.11 Å². The van der Waals surface area contributed by atoms with Crippen LogP contribution in [0.5, 0.6) is 0 Å². The minimum absolute atomic E-state index is 0.0778. The fraction of sp³-hybridized carbons (Fsp3) is 0.676. The van der Waals surface area contributed by atoms with Crippen molar-refractivity contribution >= 4 is 29.5 Å². The van der Waals surface area contributed by atoms with Gasteiger partial charge < -0.3 is 14.2 Å². The van der Waals surface area contributed by atoms with Gasteiger partial charge in [0.25, 0.3) is 0 Å². The maximum Gasteiger partial charge on any atom is 0.333 e. The molecule has 0 radical (unpaired) electrons. The van der Waals surface area contributed by atoms with Crippen LogP contribution in [0.25, 0.3) is 0 Å². The maximum absolute atomic E-state index is 14.8. The molecule has 9 atom stereocenters. The Hall–Kier alpha value is -3.03. The zero-order valence-electron chi connectivity index (χ0n) is 26.5. The second-order valence-electron chi connectivity index (χ2n) is 13.7. The summed E-state index contributed by atoms with van der Waals surface area (Å²) in [5, 5.41) is 0. The second-order valence-corrected chi connectivity index (χ2v) is 13.7. The highest BCUT2D eigenvalue weighted by molar-refractivity contribution is 5.98. The van der Waals surface area contributed by atoms with E-state index in [4.69, 9.17) is 14.2 Å². The summed E-state index contributed by atoms with van der Waals surface area (Å²) in [5.41, 5.74) is 0.0365. The molecule has 0 amide bonds. The number of fused-ring (bicyclic) bond motifs is 5. The highest BCUT2D eigenvalue weighted by atomic mass is 16.6. The lowest BCUT2D eigenvalue weighted by Gasteiger charge is -2.66. The Morgan fingerprint density at radius 1 is 1.00 bits per heavy atom. The summed E-state index contributed by atoms with van der Waals surface area (Å²) in [6.45, 7) is 14.6. The summed E-state index contributed by atoms with van der Waals surface area (Å²) >= 11 is 0. The average molecular weight is 583 g/mol. The third-order valence-corrected chi connectivity index (χ3v) is 11.2. The maximum atomic E-state index is 14.8. The van der Waals surface area contributed by atoms with Crippen LogP contribution in [0.4, 0.5) is 0 Å². The van der Waals surface area contributed by atoms with Crippen molar-refractivity contribution in [2.24, 2.45) is 39.9 Å². The van der Waals surface area contributed by atoms with E-state index in [2.05, 4.69) is 19.9 Å². The molecular formula is C34H46O8. The quantitative estimate of drug-likeness (QED) is 0.175. The topological polar surface area (TPSA) is 113 Å². The highest BCUT2D eigenvalue weighted by Crippen LogP contribution is 2.73. The van der Waals surface area contributed by atoms with Gasteiger partial charge in [-0.05, 0) is 80.3 Å². The smallest absolute Gasteiger partial charge is 0.333 e. The van der Waals surface area contributed by atoms with Gasteiger partial charge in [0.1, 0.15) is 6.10 Å². The third kappa shape index (κ3) is 4.79. The lowest BCUT2D eigenvalue weighted by Crippen LogP contribution is -2.69. The number of esters is 3. The zero-order chi connectivity index (χ0) is 31.4. The zero-order valence-corrected chi connectivity index (χ0v) is 26.5.